The fraction of sp³-hybridized carbons (Fsp3) is 0.357. The number of rotatable bonds is 5. The fourth-order valence-electron chi connectivity index (χ4n) is 1.46. The first-order valence-electron chi connectivity index (χ1n) is 5.62. The molecule has 1 atom stereocenters. The third-order valence-electron chi connectivity index (χ3n) is 2.43. The normalized spacial score (nSPS) is 13.2. The number of hydrogen-bond acceptors (Lipinski definition) is 2. The van der Waals surface area contributed by atoms with Crippen molar-refractivity contribution in [1.82, 2.24) is 0 Å². The van der Waals surface area contributed by atoms with Gasteiger partial charge in [-0.25, -0.2) is 0 Å². The molecule has 86 valence electrons. The molecule has 2 heteroatoms. The highest BCUT2D eigenvalue weighted by Gasteiger charge is 2.14. The minimum Gasteiger partial charge on any atom is -0.321 e. The van der Waals surface area contributed by atoms with Crippen LogP contribution in [0.3, 0.4) is 0 Å². The van der Waals surface area contributed by atoms with Gasteiger partial charge in [0.15, 0.2) is 5.78 Å². The topological polar surface area (TPSA) is 43.1 Å². The highest BCUT2D eigenvalue weighted by atomic mass is 16.1. The maximum atomic E-state index is 11.5. The van der Waals surface area contributed by atoms with E-state index < -0.39 is 0 Å². The van der Waals surface area contributed by atoms with Gasteiger partial charge in [-0.1, -0.05) is 56.3 Å². The molecule has 1 aromatic rings. The van der Waals surface area contributed by atoms with Gasteiger partial charge in [0.2, 0.25) is 0 Å². The number of carbonyl (C=O) groups is 1. The van der Waals surface area contributed by atoms with Crippen LogP contribution >= 0.6 is 0 Å². The minimum absolute atomic E-state index is 0.0140. The monoisotopic (exact) mass is 217 g/mol. The lowest BCUT2D eigenvalue weighted by molar-refractivity contribution is -0.123. The Morgan fingerprint density at radius 2 is 1.94 bits per heavy atom. The zero-order valence-electron chi connectivity index (χ0n) is 9.89. The largest absolute Gasteiger partial charge is 0.321 e. The first-order chi connectivity index (χ1) is 7.61. The maximum Gasteiger partial charge on any atom is 0.152 e. The van der Waals surface area contributed by atoms with Gasteiger partial charge in [-0.2, -0.15) is 0 Å². The Labute approximate surface area is 97.2 Å². The van der Waals surface area contributed by atoms with E-state index in [9.17, 15) is 4.79 Å². The molecular weight excluding hydrogens is 198 g/mol. The molecule has 0 heterocycles. The standard InChI is InChI=1S/C14H19NO/c1-11(2)14(16)13(15)10-6-9-12-7-4-3-5-8-12/h3-9,11,13H,10,15H2,1-2H3/b9-6+/t13-/m0/s1. The van der Waals surface area contributed by atoms with Gasteiger partial charge >= 0.3 is 0 Å². The third-order valence-corrected chi connectivity index (χ3v) is 2.43. The molecule has 1 rings (SSSR count). The van der Waals surface area contributed by atoms with Crippen molar-refractivity contribution in [3.05, 3.63) is 42.0 Å². The van der Waals surface area contributed by atoms with Gasteiger partial charge in [0.1, 0.15) is 0 Å². The summed E-state index contributed by atoms with van der Waals surface area (Å²) in [4.78, 5) is 11.5. The lowest BCUT2D eigenvalue weighted by Crippen LogP contribution is -2.33. The lowest BCUT2D eigenvalue weighted by Gasteiger charge is -2.10. The molecule has 0 aliphatic rings. The SMILES string of the molecule is CC(C)C(=O)[C@@H](N)C/C=C/c1ccccc1. The number of Topliss-reactive ketones (excluding diaryl/α,β-unsaturated/α-hetero) is 1. The first kappa shape index (κ1) is 12.7. The van der Waals surface area contributed by atoms with Crippen molar-refractivity contribution in [2.24, 2.45) is 11.7 Å². The summed E-state index contributed by atoms with van der Waals surface area (Å²) in [5, 5.41) is 0. The molecule has 0 aromatic heterocycles. The molecule has 0 aliphatic heterocycles. The Bertz CT molecular complexity index is 354. The van der Waals surface area contributed by atoms with E-state index in [0.717, 1.165) is 5.56 Å². The third kappa shape index (κ3) is 3.99. The Hall–Kier alpha value is -1.41. The van der Waals surface area contributed by atoms with Crippen LogP contribution < -0.4 is 5.73 Å². The lowest BCUT2D eigenvalue weighted by atomic mass is 10.00. The second-order valence-corrected chi connectivity index (χ2v) is 4.21. The molecule has 16 heavy (non-hydrogen) atoms. The predicted molar refractivity (Wildman–Crippen MR) is 67.9 cm³/mol. The van der Waals surface area contributed by atoms with E-state index in [4.69, 9.17) is 5.73 Å². The quantitative estimate of drug-likeness (QED) is 0.824. The molecular formula is C14H19NO. The van der Waals surface area contributed by atoms with Crippen LogP contribution in [0.2, 0.25) is 0 Å². The average molecular weight is 217 g/mol. The van der Waals surface area contributed by atoms with Crippen molar-refractivity contribution >= 4 is 11.9 Å². The van der Waals surface area contributed by atoms with E-state index in [2.05, 4.69) is 0 Å². The van der Waals surface area contributed by atoms with Gasteiger partial charge in [0, 0.05) is 5.92 Å². The average Bonchev–Trinajstić information content (AvgIpc) is 2.29. The maximum absolute atomic E-state index is 11.5. The molecule has 0 saturated heterocycles. The Balaban J connectivity index is 2.46. The van der Waals surface area contributed by atoms with Crippen LogP contribution in [0.4, 0.5) is 0 Å². The predicted octanol–water partition coefficient (Wildman–Crippen LogP) is 2.64. The molecule has 2 N–H and O–H groups in total. The summed E-state index contributed by atoms with van der Waals surface area (Å²) in [6.07, 6.45) is 4.56. The van der Waals surface area contributed by atoms with Crippen molar-refractivity contribution in [2.45, 2.75) is 26.3 Å². The highest BCUT2D eigenvalue weighted by molar-refractivity contribution is 5.85. The van der Waals surface area contributed by atoms with E-state index in [1.165, 1.54) is 0 Å². The fourth-order valence-corrected chi connectivity index (χ4v) is 1.46. The van der Waals surface area contributed by atoms with Gasteiger partial charge in [-0.15, -0.1) is 0 Å². The van der Waals surface area contributed by atoms with Crippen molar-refractivity contribution in [2.75, 3.05) is 0 Å². The van der Waals surface area contributed by atoms with E-state index in [1.807, 2.05) is 56.3 Å². The summed E-state index contributed by atoms with van der Waals surface area (Å²) >= 11 is 0. The molecule has 2 nitrogen and oxygen atoms in total. The molecule has 0 amide bonds. The Kier molecular flexibility index (Phi) is 4.93. The summed E-state index contributed by atoms with van der Waals surface area (Å²) in [6, 6.07) is 9.61. The Morgan fingerprint density at radius 3 is 2.50 bits per heavy atom. The summed E-state index contributed by atoms with van der Waals surface area (Å²) in [5.41, 5.74) is 6.91. The Morgan fingerprint density at radius 1 is 1.31 bits per heavy atom. The summed E-state index contributed by atoms with van der Waals surface area (Å²) in [7, 11) is 0. The summed E-state index contributed by atoms with van der Waals surface area (Å²) < 4.78 is 0. The van der Waals surface area contributed by atoms with Crippen molar-refractivity contribution in [3.63, 3.8) is 0 Å². The van der Waals surface area contributed by atoms with Gasteiger partial charge in [-0.05, 0) is 12.0 Å². The molecule has 1 aromatic carbocycles. The van der Waals surface area contributed by atoms with Crippen molar-refractivity contribution in [3.8, 4) is 0 Å². The van der Waals surface area contributed by atoms with E-state index in [-0.39, 0.29) is 17.7 Å². The van der Waals surface area contributed by atoms with Crippen LogP contribution in [0, 0.1) is 5.92 Å². The number of benzene rings is 1. The number of hydrogen-bond donors (Lipinski definition) is 1. The van der Waals surface area contributed by atoms with Crippen LogP contribution in [0.5, 0.6) is 0 Å². The zero-order chi connectivity index (χ0) is 12.0. The number of ketones is 1. The number of nitrogens with two attached hydrogens (primary N) is 1. The van der Waals surface area contributed by atoms with E-state index in [0.29, 0.717) is 6.42 Å². The van der Waals surface area contributed by atoms with Gasteiger partial charge < -0.3 is 5.73 Å². The highest BCUT2D eigenvalue weighted by Crippen LogP contribution is 2.05. The van der Waals surface area contributed by atoms with E-state index in [1.54, 1.807) is 0 Å². The second-order valence-electron chi connectivity index (χ2n) is 4.21. The molecule has 0 fully saturated rings. The molecule has 0 spiro atoms. The molecule has 0 bridgehead atoms. The van der Waals surface area contributed by atoms with Crippen LogP contribution in [0.25, 0.3) is 6.08 Å². The molecule has 0 aliphatic carbocycles. The molecule has 0 unspecified atom stereocenters. The second kappa shape index (κ2) is 6.23. The van der Waals surface area contributed by atoms with Gasteiger partial charge in [0.25, 0.3) is 0 Å². The van der Waals surface area contributed by atoms with Crippen LogP contribution in [0.15, 0.2) is 36.4 Å². The first-order valence-corrected chi connectivity index (χ1v) is 5.62. The van der Waals surface area contributed by atoms with Gasteiger partial charge in [-0.3, -0.25) is 4.79 Å². The van der Waals surface area contributed by atoms with Crippen LogP contribution in [-0.4, -0.2) is 11.8 Å². The van der Waals surface area contributed by atoms with E-state index >= 15 is 0 Å². The zero-order valence-corrected chi connectivity index (χ0v) is 9.89. The molecule has 0 radical (unpaired) electrons. The summed E-state index contributed by atoms with van der Waals surface area (Å²) in [6.45, 7) is 3.76. The van der Waals surface area contributed by atoms with Crippen molar-refractivity contribution < 1.29 is 4.79 Å². The smallest absolute Gasteiger partial charge is 0.152 e. The van der Waals surface area contributed by atoms with Crippen LogP contribution in [-0.2, 0) is 4.79 Å². The minimum atomic E-state index is -0.375. The number of carbonyl (C=O) groups excluding carboxylic acids is 1. The molecule has 0 saturated carbocycles. The summed E-state index contributed by atoms with van der Waals surface area (Å²) in [5.74, 6) is 0.137. The van der Waals surface area contributed by atoms with Crippen LogP contribution in [0.1, 0.15) is 25.8 Å². The van der Waals surface area contributed by atoms with Crippen molar-refractivity contribution in [1.29, 1.82) is 0 Å². The van der Waals surface area contributed by atoms with Gasteiger partial charge in [0.05, 0.1) is 6.04 Å².